The van der Waals surface area contributed by atoms with Crippen LogP contribution in [0.15, 0.2) is 173 Å². The molecule has 6 aromatic carbocycles. The fraction of sp³-hybridized carbons (Fsp3) is 0. The second kappa shape index (κ2) is 11.4. The standard InChI is InChI=1S/C45H27N3O2/c1-2-12-28(13-3-1)45-47-39(27-40(48-45)38-20-8-9-23-46-38)31-25-29(32-16-10-18-36-34-14-4-6-21-41(34)49-43(32)36)24-30(26-31)33-17-11-19-37-35-15-5-7-22-42(35)50-44(33)37/h1-27H. The Morgan fingerprint density at radius 3 is 1.52 bits per heavy atom. The van der Waals surface area contributed by atoms with Crippen LogP contribution in [0, 0.1) is 0 Å². The molecule has 50 heavy (non-hydrogen) atoms. The second-order valence-corrected chi connectivity index (χ2v) is 12.4. The molecule has 4 heterocycles. The van der Waals surface area contributed by atoms with Crippen LogP contribution in [0.3, 0.4) is 0 Å². The number of hydrogen-bond donors (Lipinski definition) is 0. The van der Waals surface area contributed by atoms with E-state index >= 15 is 0 Å². The van der Waals surface area contributed by atoms with Crippen molar-refractivity contribution in [2.45, 2.75) is 0 Å². The van der Waals surface area contributed by atoms with Gasteiger partial charge in [0.05, 0.1) is 17.1 Å². The highest BCUT2D eigenvalue weighted by molar-refractivity contribution is 6.11. The van der Waals surface area contributed by atoms with Crippen LogP contribution in [0.1, 0.15) is 0 Å². The Kier molecular flexibility index (Phi) is 6.42. The van der Waals surface area contributed by atoms with E-state index in [2.05, 4.69) is 83.8 Å². The van der Waals surface area contributed by atoms with E-state index in [0.717, 1.165) is 94.3 Å². The molecule has 5 nitrogen and oxygen atoms in total. The van der Waals surface area contributed by atoms with Gasteiger partial charge in [-0.3, -0.25) is 4.98 Å². The van der Waals surface area contributed by atoms with Crippen molar-refractivity contribution in [2.75, 3.05) is 0 Å². The predicted octanol–water partition coefficient (Wildman–Crippen LogP) is 12.0. The van der Waals surface area contributed by atoms with Crippen molar-refractivity contribution in [3.05, 3.63) is 164 Å². The highest BCUT2D eigenvalue weighted by Crippen LogP contribution is 2.42. The molecular weight excluding hydrogens is 615 g/mol. The summed E-state index contributed by atoms with van der Waals surface area (Å²) in [6.45, 7) is 0. The maximum atomic E-state index is 6.54. The van der Waals surface area contributed by atoms with Gasteiger partial charge in [-0.15, -0.1) is 0 Å². The van der Waals surface area contributed by atoms with E-state index in [9.17, 15) is 0 Å². The van der Waals surface area contributed by atoms with Crippen molar-refractivity contribution >= 4 is 43.9 Å². The van der Waals surface area contributed by atoms with Crippen LogP contribution in [0.5, 0.6) is 0 Å². The molecule has 0 aliphatic heterocycles. The van der Waals surface area contributed by atoms with E-state index in [4.69, 9.17) is 18.8 Å². The molecular formula is C45H27N3O2. The number of hydrogen-bond acceptors (Lipinski definition) is 5. The first kappa shape index (κ1) is 28.2. The van der Waals surface area contributed by atoms with E-state index < -0.39 is 0 Å². The summed E-state index contributed by atoms with van der Waals surface area (Å²) in [5, 5.41) is 4.35. The average molecular weight is 642 g/mol. The lowest BCUT2D eigenvalue weighted by molar-refractivity contribution is 0.670. The number of para-hydroxylation sites is 4. The molecule has 0 aliphatic rings. The van der Waals surface area contributed by atoms with Crippen molar-refractivity contribution in [3.63, 3.8) is 0 Å². The highest BCUT2D eigenvalue weighted by atomic mass is 16.3. The molecule has 0 atom stereocenters. The molecule has 0 amide bonds. The molecule has 0 saturated heterocycles. The molecule has 0 unspecified atom stereocenters. The van der Waals surface area contributed by atoms with Gasteiger partial charge in [-0.25, -0.2) is 9.97 Å². The highest BCUT2D eigenvalue weighted by Gasteiger charge is 2.19. The van der Waals surface area contributed by atoms with Crippen LogP contribution < -0.4 is 0 Å². The van der Waals surface area contributed by atoms with Crippen molar-refractivity contribution < 1.29 is 8.83 Å². The molecule has 0 aliphatic carbocycles. The van der Waals surface area contributed by atoms with E-state index in [1.54, 1.807) is 6.20 Å². The van der Waals surface area contributed by atoms with E-state index in [1.807, 2.05) is 78.9 Å². The minimum Gasteiger partial charge on any atom is -0.455 e. The topological polar surface area (TPSA) is 65.0 Å². The van der Waals surface area contributed by atoms with Gasteiger partial charge in [0.1, 0.15) is 22.3 Å². The van der Waals surface area contributed by atoms with Crippen LogP contribution in [0.25, 0.3) is 100 Å². The predicted molar refractivity (Wildman–Crippen MR) is 202 cm³/mol. The fourth-order valence-electron chi connectivity index (χ4n) is 6.99. The summed E-state index contributed by atoms with van der Waals surface area (Å²) < 4.78 is 13.1. The Labute approximate surface area is 287 Å². The molecule has 10 rings (SSSR count). The van der Waals surface area contributed by atoms with Gasteiger partial charge in [-0.1, -0.05) is 109 Å². The molecule has 0 spiro atoms. The lowest BCUT2D eigenvalue weighted by atomic mass is 9.93. The minimum atomic E-state index is 0.634. The number of fused-ring (bicyclic) bond motifs is 6. The average Bonchev–Trinajstić information content (AvgIpc) is 3.77. The lowest BCUT2D eigenvalue weighted by Crippen LogP contribution is -1.97. The van der Waals surface area contributed by atoms with Crippen molar-refractivity contribution in [3.8, 4) is 56.3 Å². The Morgan fingerprint density at radius 2 is 0.900 bits per heavy atom. The minimum absolute atomic E-state index is 0.634. The van der Waals surface area contributed by atoms with E-state index in [0.29, 0.717) is 5.82 Å². The van der Waals surface area contributed by atoms with Crippen LogP contribution in [0.4, 0.5) is 0 Å². The number of nitrogens with zero attached hydrogens (tertiary/aromatic N) is 3. The first-order chi connectivity index (χ1) is 24.8. The quantitative estimate of drug-likeness (QED) is 0.187. The largest absolute Gasteiger partial charge is 0.455 e. The van der Waals surface area contributed by atoms with Gasteiger partial charge < -0.3 is 8.83 Å². The first-order valence-corrected chi connectivity index (χ1v) is 16.6. The molecule has 5 heteroatoms. The van der Waals surface area contributed by atoms with Crippen molar-refractivity contribution in [1.29, 1.82) is 0 Å². The fourth-order valence-corrected chi connectivity index (χ4v) is 6.99. The third kappa shape index (κ3) is 4.67. The maximum Gasteiger partial charge on any atom is 0.160 e. The van der Waals surface area contributed by atoms with Gasteiger partial charge in [-0.05, 0) is 59.7 Å². The second-order valence-electron chi connectivity index (χ2n) is 12.4. The molecule has 0 saturated carbocycles. The number of aromatic nitrogens is 3. The molecule has 0 fully saturated rings. The number of pyridine rings is 1. The molecule has 0 radical (unpaired) electrons. The van der Waals surface area contributed by atoms with Crippen LogP contribution in [-0.4, -0.2) is 15.0 Å². The SMILES string of the molecule is c1ccc(-c2nc(-c3cc(-c4cccc5c4oc4ccccc45)cc(-c4cccc5c4oc4ccccc45)c3)cc(-c3ccccn3)n2)cc1. The number of rotatable bonds is 5. The Hall–Kier alpha value is -6.85. The van der Waals surface area contributed by atoms with Gasteiger partial charge >= 0.3 is 0 Å². The van der Waals surface area contributed by atoms with Gasteiger partial charge in [0.2, 0.25) is 0 Å². The number of benzene rings is 6. The molecule has 10 aromatic rings. The Balaban J connectivity index is 1.26. The summed E-state index contributed by atoms with van der Waals surface area (Å²) in [6.07, 6.45) is 1.79. The summed E-state index contributed by atoms with van der Waals surface area (Å²) in [5.41, 5.74) is 11.6. The molecule has 234 valence electrons. The van der Waals surface area contributed by atoms with E-state index in [1.165, 1.54) is 0 Å². The van der Waals surface area contributed by atoms with Gasteiger partial charge in [0, 0.05) is 50.0 Å². The van der Waals surface area contributed by atoms with E-state index in [-0.39, 0.29) is 0 Å². The van der Waals surface area contributed by atoms with Crippen LogP contribution >= 0.6 is 0 Å². The van der Waals surface area contributed by atoms with Crippen molar-refractivity contribution in [1.82, 2.24) is 15.0 Å². The summed E-state index contributed by atoms with van der Waals surface area (Å²) in [6, 6.07) is 53.7. The Bertz CT molecular complexity index is 2680. The third-order valence-corrected chi connectivity index (χ3v) is 9.34. The van der Waals surface area contributed by atoms with Crippen LogP contribution in [0.2, 0.25) is 0 Å². The first-order valence-electron chi connectivity index (χ1n) is 16.6. The number of furan rings is 2. The third-order valence-electron chi connectivity index (χ3n) is 9.34. The zero-order valence-electron chi connectivity index (χ0n) is 26.7. The molecule has 0 N–H and O–H groups in total. The monoisotopic (exact) mass is 641 g/mol. The maximum absolute atomic E-state index is 6.54. The van der Waals surface area contributed by atoms with Gasteiger partial charge in [0.25, 0.3) is 0 Å². The summed E-state index contributed by atoms with van der Waals surface area (Å²) in [4.78, 5) is 14.8. The molecule has 4 aromatic heterocycles. The Morgan fingerprint density at radius 1 is 0.360 bits per heavy atom. The molecule has 0 bridgehead atoms. The van der Waals surface area contributed by atoms with Gasteiger partial charge in [0.15, 0.2) is 5.82 Å². The van der Waals surface area contributed by atoms with Crippen LogP contribution in [-0.2, 0) is 0 Å². The van der Waals surface area contributed by atoms with Gasteiger partial charge in [-0.2, -0.15) is 0 Å². The smallest absolute Gasteiger partial charge is 0.160 e. The zero-order chi connectivity index (χ0) is 33.0. The summed E-state index contributed by atoms with van der Waals surface area (Å²) >= 11 is 0. The summed E-state index contributed by atoms with van der Waals surface area (Å²) in [5.74, 6) is 0.634. The lowest BCUT2D eigenvalue weighted by Gasteiger charge is -2.13. The normalized spacial score (nSPS) is 11.6. The summed E-state index contributed by atoms with van der Waals surface area (Å²) in [7, 11) is 0. The van der Waals surface area contributed by atoms with Crippen molar-refractivity contribution in [2.24, 2.45) is 0 Å². The zero-order valence-corrected chi connectivity index (χ0v) is 26.7.